The second-order valence-corrected chi connectivity index (χ2v) is 9.04. The smallest absolute Gasteiger partial charge is 0.254 e. The van der Waals surface area contributed by atoms with Crippen molar-refractivity contribution in [1.29, 1.82) is 0 Å². The van der Waals surface area contributed by atoms with Crippen LogP contribution in [0.3, 0.4) is 0 Å². The van der Waals surface area contributed by atoms with E-state index in [9.17, 15) is 4.79 Å². The lowest BCUT2D eigenvalue weighted by atomic mass is 9.94. The largest absolute Gasteiger partial charge is 0.378 e. The first-order chi connectivity index (χ1) is 15.3. The van der Waals surface area contributed by atoms with Gasteiger partial charge in [-0.25, -0.2) is 0 Å². The predicted octanol–water partition coefficient (Wildman–Crippen LogP) is 3.28. The van der Waals surface area contributed by atoms with Crippen molar-refractivity contribution in [1.82, 2.24) is 14.7 Å². The third-order valence-electron chi connectivity index (χ3n) is 6.99. The first-order valence-electron chi connectivity index (χ1n) is 11.8. The van der Waals surface area contributed by atoms with Crippen molar-refractivity contribution in [2.75, 3.05) is 59.0 Å². The van der Waals surface area contributed by atoms with Gasteiger partial charge in [0.2, 0.25) is 0 Å². The lowest BCUT2D eigenvalue weighted by Gasteiger charge is -2.30. The van der Waals surface area contributed by atoms with Gasteiger partial charge in [-0.05, 0) is 66.7 Å². The molecule has 2 saturated heterocycles. The van der Waals surface area contributed by atoms with E-state index in [0.29, 0.717) is 26.3 Å². The van der Waals surface area contributed by atoms with Crippen LogP contribution in [0.2, 0.25) is 0 Å². The molecule has 31 heavy (non-hydrogen) atoms. The van der Waals surface area contributed by atoms with Gasteiger partial charge in [-0.15, -0.1) is 0 Å². The number of fused-ring (bicyclic) bond motifs is 1. The van der Waals surface area contributed by atoms with E-state index < -0.39 is 0 Å². The van der Waals surface area contributed by atoms with E-state index in [-0.39, 0.29) is 5.91 Å². The summed E-state index contributed by atoms with van der Waals surface area (Å²) >= 11 is 0. The molecule has 5 rings (SSSR count). The van der Waals surface area contributed by atoms with Crippen molar-refractivity contribution in [2.45, 2.75) is 25.8 Å². The number of hydrogen-bond donors (Lipinski definition) is 0. The Bertz CT molecular complexity index is 899. The fraction of sp³-hybridized carbons (Fsp3) is 0.500. The van der Waals surface area contributed by atoms with Crippen molar-refractivity contribution in [3.05, 3.63) is 59.2 Å². The van der Waals surface area contributed by atoms with Crippen molar-refractivity contribution >= 4 is 5.91 Å². The molecular formula is C26H33N3O2. The fourth-order valence-electron chi connectivity index (χ4n) is 5.03. The van der Waals surface area contributed by atoms with Crippen molar-refractivity contribution in [3.8, 4) is 11.1 Å². The molecule has 3 aliphatic heterocycles. The topological polar surface area (TPSA) is 36.0 Å². The average Bonchev–Trinajstić information content (AvgIpc) is 3.36. The molecule has 0 spiro atoms. The summed E-state index contributed by atoms with van der Waals surface area (Å²) in [5.74, 6) is 0.106. The lowest BCUT2D eigenvalue weighted by molar-refractivity contribution is 0.0303. The molecule has 0 bridgehead atoms. The van der Waals surface area contributed by atoms with Crippen LogP contribution < -0.4 is 0 Å². The number of amides is 1. The van der Waals surface area contributed by atoms with Crippen LogP contribution in [0.4, 0.5) is 0 Å². The zero-order valence-electron chi connectivity index (χ0n) is 18.4. The molecule has 0 unspecified atom stereocenters. The zero-order valence-corrected chi connectivity index (χ0v) is 18.4. The molecule has 2 fully saturated rings. The van der Waals surface area contributed by atoms with E-state index in [4.69, 9.17) is 4.74 Å². The summed E-state index contributed by atoms with van der Waals surface area (Å²) in [5, 5.41) is 0. The monoisotopic (exact) mass is 419 g/mol. The Morgan fingerprint density at radius 3 is 2.26 bits per heavy atom. The Balaban J connectivity index is 1.22. The van der Waals surface area contributed by atoms with Crippen molar-refractivity contribution in [3.63, 3.8) is 0 Å². The Morgan fingerprint density at radius 2 is 1.48 bits per heavy atom. The minimum absolute atomic E-state index is 0.106. The molecule has 0 aliphatic carbocycles. The van der Waals surface area contributed by atoms with Gasteiger partial charge in [0, 0.05) is 44.8 Å². The Hall–Kier alpha value is -2.21. The number of morpholine rings is 1. The maximum atomic E-state index is 12.7. The zero-order chi connectivity index (χ0) is 21.0. The number of benzene rings is 2. The molecule has 5 nitrogen and oxygen atoms in total. The lowest BCUT2D eigenvalue weighted by Crippen LogP contribution is -2.40. The van der Waals surface area contributed by atoms with Gasteiger partial charge in [-0.2, -0.15) is 0 Å². The minimum atomic E-state index is 0.106. The Morgan fingerprint density at radius 1 is 0.774 bits per heavy atom. The Labute approximate surface area is 185 Å². The second-order valence-electron chi connectivity index (χ2n) is 9.04. The summed E-state index contributed by atoms with van der Waals surface area (Å²) in [5.41, 5.74) is 6.13. The van der Waals surface area contributed by atoms with E-state index in [1.165, 1.54) is 61.3 Å². The van der Waals surface area contributed by atoms with Gasteiger partial charge in [0.25, 0.3) is 5.91 Å². The number of nitrogens with zero attached hydrogens (tertiary/aromatic N) is 3. The molecule has 2 aromatic carbocycles. The molecule has 1 amide bonds. The van der Waals surface area contributed by atoms with Gasteiger partial charge in [-0.1, -0.05) is 30.3 Å². The molecule has 164 valence electrons. The van der Waals surface area contributed by atoms with Gasteiger partial charge < -0.3 is 14.5 Å². The average molecular weight is 420 g/mol. The van der Waals surface area contributed by atoms with Gasteiger partial charge in [-0.3, -0.25) is 9.69 Å². The molecule has 3 aliphatic rings. The fourth-order valence-corrected chi connectivity index (χ4v) is 5.03. The van der Waals surface area contributed by atoms with Crippen LogP contribution in [-0.4, -0.2) is 79.6 Å². The normalized spacial score (nSPS) is 20.1. The van der Waals surface area contributed by atoms with Crippen LogP contribution >= 0.6 is 0 Å². The van der Waals surface area contributed by atoms with Crippen molar-refractivity contribution in [2.24, 2.45) is 0 Å². The molecule has 0 aromatic heterocycles. The highest BCUT2D eigenvalue weighted by atomic mass is 16.5. The summed E-state index contributed by atoms with van der Waals surface area (Å²) in [6.45, 7) is 9.80. The van der Waals surface area contributed by atoms with Gasteiger partial charge in [0.15, 0.2) is 0 Å². The highest BCUT2D eigenvalue weighted by molar-refractivity contribution is 5.94. The minimum Gasteiger partial charge on any atom is -0.378 e. The molecule has 2 aromatic rings. The number of likely N-dealkylation sites (tertiary alicyclic amines) is 1. The van der Waals surface area contributed by atoms with Crippen LogP contribution in [0.1, 0.15) is 34.3 Å². The number of carbonyl (C=O) groups excluding carboxylic acids is 1. The van der Waals surface area contributed by atoms with E-state index in [0.717, 1.165) is 25.1 Å². The molecular weight excluding hydrogens is 386 g/mol. The summed E-state index contributed by atoms with van der Waals surface area (Å²) < 4.78 is 5.35. The van der Waals surface area contributed by atoms with Crippen LogP contribution in [-0.2, 0) is 17.7 Å². The third-order valence-corrected chi connectivity index (χ3v) is 6.99. The van der Waals surface area contributed by atoms with Crippen LogP contribution in [0.5, 0.6) is 0 Å². The van der Waals surface area contributed by atoms with E-state index in [2.05, 4.69) is 40.1 Å². The van der Waals surface area contributed by atoms with Crippen molar-refractivity contribution < 1.29 is 9.53 Å². The maximum absolute atomic E-state index is 12.7. The van der Waals surface area contributed by atoms with Crippen LogP contribution in [0, 0.1) is 0 Å². The summed E-state index contributed by atoms with van der Waals surface area (Å²) in [6.07, 6.45) is 3.86. The van der Waals surface area contributed by atoms with Gasteiger partial charge in [0.1, 0.15) is 0 Å². The standard InChI is InChI=1S/C26H33N3O2/c30-26(29-15-17-31-18-16-29)22-5-3-21(4-6-22)23-7-8-25-20-28(12-9-24(25)19-23)14-13-27-10-1-2-11-27/h3-8,19H,1-2,9-18,20H2. The van der Waals surface area contributed by atoms with Gasteiger partial charge in [0.05, 0.1) is 13.2 Å². The molecule has 5 heteroatoms. The molecule has 0 N–H and O–H groups in total. The van der Waals surface area contributed by atoms with E-state index >= 15 is 0 Å². The molecule has 3 heterocycles. The van der Waals surface area contributed by atoms with E-state index in [1.807, 2.05) is 17.0 Å². The van der Waals surface area contributed by atoms with Crippen LogP contribution in [0.25, 0.3) is 11.1 Å². The highest BCUT2D eigenvalue weighted by Gasteiger charge is 2.20. The molecule has 0 atom stereocenters. The molecule has 0 radical (unpaired) electrons. The summed E-state index contributed by atoms with van der Waals surface area (Å²) in [4.78, 5) is 19.8. The SMILES string of the molecule is O=C(c1ccc(-c2ccc3c(c2)CCN(CCN2CCCC2)C3)cc1)N1CCOCC1. The van der Waals surface area contributed by atoms with E-state index in [1.54, 1.807) is 0 Å². The summed E-state index contributed by atoms with van der Waals surface area (Å²) in [7, 11) is 0. The predicted molar refractivity (Wildman–Crippen MR) is 123 cm³/mol. The van der Waals surface area contributed by atoms with Crippen LogP contribution in [0.15, 0.2) is 42.5 Å². The third kappa shape index (κ3) is 4.84. The Kier molecular flexibility index (Phi) is 6.35. The first kappa shape index (κ1) is 20.7. The number of rotatable bonds is 5. The number of ether oxygens (including phenoxy) is 1. The molecule has 0 saturated carbocycles. The number of hydrogen-bond acceptors (Lipinski definition) is 4. The second kappa shape index (κ2) is 9.51. The first-order valence-corrected chi connectivity index (χ1v) is 11.8. The quantitative estimate of drug-likeness (QED) is 0.745. The highest BCUT2D eigenvalue weighted by Crippen LogP contribution is 2.27. The summed E-state index contributed by atoms with van der Waals surface area (Å²) in [6, 6.07) is 15.0. The maximum Gasteiger partial charge on any atom is 0.254 e. The number of carbonyl (C=O) groups is 1. The van der Waals surface area contributed by atoms with Gasteiger partial charge >= 0.3 is 0 Å².